The van der Waals surface area contributed by atoms with E-state index in [4.69, 9.17) is 4.55 Å². The Labute approximate surface area is 170 Å². The molecule has 0 aliphatic heterocycles. The van der Waals surface area contributed by atoms with Crippen LogP contribution in [0.3, 0.4) is 0 Å². The molecule has 0 fully saturated rings. The lowest BCUT2D eigenvalue weighted by atomic mass is 9.86. The number of rotatable bonds is 8. The predicted octanol–water partition coefficient (Wildman–Crippen LogP) is 4.64. The molecule has 7 heteroatoms. The molecule has 3 aromatic rings. The first kappa shape index (κ1) is 20.7. The van der Waals surface area contributed by atoms with Gasteiger partial charge in [-0.3, -0.25) is 9.27 Å². The van der Waals surface area contributed by atoms with Crippen molar-refractivity contribution in [3.05, 3.63) is 101 Å². The summed E-state index contributed by atoms with van der Waals surface area (Å²) in [5.41, 5.74) is 2.94. The number of nitrogens with one attached hydrogen (secondary N) is 1. The Kier molecular flexibility index (Phi) is 6.74. The van der Waals surface area contributed by atoms with Gasteiger partial charge in [-0.1, -0.05) is 48.5 Å². The van der Waals surface area contributed by atoms with E-state index in [1.54, 1.807) is 24.3 Å². The Morgan fingerprint density at radius 1 is 0.966 bits per heavy atom. The van der Waals surface area contributed by atoms with Gasteiger partial charge >= 0.3 is 5.97 Å². The molecule has 0 amide bonds. The van der Waals surface area contributed by atoms with E-state index in [1.807, 2.05) is 36.4 Å². The van der Waals surface area contributed by atoms with Crippen molar-refractivity contribution in [1.29, 1.82) is 0 Å². The second-order valence-electron chi connectivity index (χ2n) is 6.69. The van der Waals surface area contributed by atoms with Gasteiger partial charge in [0.25, 0.3) is 11.3 Å². The fourth-order valence-corrected chi connectivity index (χ4v) is 3.65. The minimum absolute atomic E-state index is 0.0122. The number of anilines is 1. The molecule has 2 unspecified atom stereocenters. The Morgan fingerprint density at radius 2 is 1.66 bits per heavy atom. The van der Waals surface area contributed by atoms with Crippen LogP contribution in [-0.2, 0) is 24.1 Å². The third-order valence-electron chi connectivity index (χ3n) is 4.64. The molecule has 3 aromatic carbocycles. The standard InChI is InChI=1S/C22H20FNO4S/c23-20-10-9-16(14-21(20)24-29(27)28)13-19(17-6-2-1-3-7-17)12-15-5-4-8-18(11-15)22(25)26/h1-11,14,19,24H,12-13H2,(H,25,26)(H,27,28). The van der Waals surface area contributed by atoms with Crippen LogP contribution in [0.2, 0.25) is 0 Å². The average molecular weight is 413 g/mol. The normalized spacial score (nSPS) is 12.9. The van der Waals surface area contributed by atoms with Gasteiger partial charge in [-0.25, -0.2) is 13.4 Å². The van der Waals surface area contributed by atoms with Gasteiger partial charge in [-0.05, 0) is 59.7 Å². The molecule has 29 heavy (non-hydrogen) atoms. The summed E-state index contributed by atoms with van der Waals surface area (Å²) in [4.78, 5) is 11.3. The summed E-state index contributed by atoms with van der Waals surface area (Å²) in [6, 6.07) is 21.0. The highest BCUT2D eigenvalue weighted by Crippen LogP contribution is 2.27. The molecular weight excluding hydrogens is 393 g/mol. The number of carboxylic acid groups (broad SMARTS) is 1. The molecule has 3 rings (SSSR count). The molecule has 0 aliphatic carbocycles. The molecule has 5 nitrogen and oxygen atoms in total. The summed E-state index contributed by atoms with van der Waals surface area (Å²) in [5.74, 6) is -1.57. The van der Waals surface area contributed by atoms with E-state index in [0.717, 1.165) is 16.7 Å². The Hall–Kier alpha value is -3.03. The maximum atomic E-state index is 13.9. The molecule has 0 heterocycles. The monoisotopic (exact) mass is 413 g/mol. The van der Waals surface area contributed by atoms with E-state index in [2.05, 4.69) is 4.72 Å². The van der Waals surface area contributed by atoms with Crippen molar-refractivity contribution in [3.63, 3.8) is 0 Å². The largest absolute Gasteiger partial charge is 0.478 e. The van der Waals surface area contributed by atoms with Crippen molar-refractivity contribution in [3.8, 4) is 0 Å². The highest BCUT2D eigenvalue weighted by Gasteiger charge is 2.16. The van der Waals surface area contributed by atoms with Crippen molar-refractivity contribution in [2.75, 3.05) is 4.72 Å². The number of halogens is 1. The fraction of sp³-hybridized carbons (Fsp3) is 0.136. The molecule has 150 valence electrons. The summed E-state index contributed by atoms with van der Waals surface area (Å²) in [5, 5.41) is 9.24. The predicted molar refractivity (Wildman–Crippen MR) is 111 cm³/mol. The molecule has 0 aromatic heterocycles. The van der Waals surface area contributed by atoms with Gasteiger partial charge in [-0.15, -0.1) is 0 Å². The highest BCUT2D eigenvalue weighted by atomic mass is 32.2. The zero-order valence-corrected chi connectivity index (χ0v) is 16.2. The third kappa shape index (κ3) is 5.73. The number of carboxylic acids is 1. The van der Waals surface area contributed by atoms with Gasteiger partial charge in [0.15, 0.2) is 0 Å². The number of hydrogen-bond donors (Lipinski definition) is 3. The molecule has 0 bridgehead atoms. The van der Waals surface area contributed by atoms with Gasteiger partial charge in [0.05, 0.1) is 11.3 Å². The number of aromatic carboxylic acids is 1. The zero-order chi connectivity index (χ0) is 20.8. The van der Waals surface area contributed by atoms with Crippen LogP contribution in [-0.4, -0.2) is 19.8 Å². The fourth-order valence-electron chi connectivity index (χ4n) is 3.31. The van der Waals surface area contributed by atoms with Gasteiger partial charge in [0, 0.05) is 0 Å². The van der Waals surface area contributed by atoms with Crippen LogP contribution in [0.1, 0.15) is 33.0 Å². The highest BCUT2D eigenvalue weighted by molar-refractivity contribution is 7.80. The van der Waals surface area contributed by atoms with Gasteiger partial charge in [0.2, 0.25) is 0 Å². The van der Waals surface area contributed by atoms with Crippen molar-refractivity contribution >= 4 is 22.9 Å². The lowest BCUT2D eigenvalue weighted by molar-refractivity contribution is 0.0696. The molecule has 3 N–H and O–H groups in total. The number of carbonyl (C=O) groups is 1. The summed E-state index contributed by atoms with van der Waals surface area (Å²) in [7, 11) is 0. The van der Waals surface area contributed by atoms with E-state index in [-0.39, 0.29) is 17.2 Å². The van der Waals surface area contributed by atoms with Crippen LogP contribution < -0.4 is 4.72 Å². The molecule has 0 saturated carbocycles. The summed E-state index contributed by atoms with van der Waals surface area (Å²) < 4.78 is 36.1. The molecule has 0 saturated heterocycles. The molecule has 2 atom stereocenters. The van der Waals surface area contributed by atoms with Crippen molar-refractivity contribution in [1.82, 2.24) is 0 Å². The van der Waals surface area contributed by atoms with Crippen LogP contribution in [0, 0.1) is 5.82 Å². The van der Waals surface area contributed by atoms with E-state index in [0.29, 0.717) is 12.8 Å². The lowest BCUT2D eigenvalue weighted by Gasteiger charge is -2.19. The van der Waals surface area contributed by atoms with Crippen molar-refractivity contribution in [2.45, 2.75) is 18.8 Å². The van der Waals surface area contributed by atoms with E-state index < -0.39 is 23.1 Å². The average Bonchev–Trinajstić information content (AvgIpc) is 2.70. The Bertz CT molecular complexity index is 1030. The molecular formula is C22H20FNO4S. The van der Waals surface area contributed by atoms with E-state index in [1.165, 1.54) is 12.1 Å². The maximum absolute atomic E-state index is 13.9. The van der Waals surface area contributed by atoms with Gasteiger partial charge < -0.3 is 5.11 Å². The van der Waals surface area contributed by atoms with Crippen LogP contribution in [0.15, 0.2) is 72.8 Å². The lowest BCUT2D eigenvalue weighted by Crippen LogP contribution is -2.09. The van der Waals surface area contributed by atoms with Gasteiger partial charge in [-0.2, -0.15) is 0 Å². The van der Waals surface area contributed by atoms with Crippen LogP contribution >= 0.6 is 0 Å². The van der Waals surface area contributed by atoms with Crippen LogP contribution in [0.4, 0.5) is 10.1 Å². The summed E-state index contributed by atoms with van der Waals surface area (Å²) >= 11 is -2.37. The summed E-state index contributed by atoms with van der Waals surface area (Å²) in [6.45, 7) is 0. The second kappa shape index (κ2) is 9.45. The molecule has 0 radical (unpaired) electrons. The zero-order valence-electron chi connectivity index (χ0n) is 15.4. The first-order valence-corrected chi connectivity index (χ1v) is 10.1. The SMILES string of the molecule is O=C(O)c1cccc(CC(Cc2ccc(F)c(NS(=O)O)c2)c2ccccc2)c1. The first-order valence-electron chi connectivity index (χ1n) is 8.95. The number of hydrogen-bond acceptors (Lipinski definition) is 2. The minimum Gasteiger partial charge on any atom is -0.478 e. The van der Waals surface area contributed by atoms with Gasteiger partial charge in [0.1, 0.15) is 5.82 Å². The Morgan fingerprint density at radius 3 is 2.31 bits per heavy atom. The van der Waals surface area contributed by atoms with Crippen LogP contribution in [0.5, 0.6) is 0 Å². The Balaban J connectivity index is 1.90. The smallest absolute Gasteiger partial charge is 0.335 e. The minimum atomic E-state index is -2.37. The van der Waals surface area contributed by atoms with E-state index in [9.17, 15) is 18.5 Å². The molecule has 0 aliphatic rings. The van der Waals surface area contributed by atoms with Crippen LogP contribution in [0.25, 0.3) is 0 Å². The third-order valence-corrected chi connectivity index (χ3v) is 5.03. The quantitative estimate of drug-likeness (QED) is 0.470. The van der Waals surface area contributed by atoms with Crippen molar-refractivity contribution in [2.24, 2.45) is 0 Å². The second-order valence-corrected chi connectivity index (χ2v) is 7.39. The summed E-state index contributed by atoms with van der Waals surface area (Å²) in [6.07, 6.45) is 1.14. The number of benzene rings is 3. The van der Waals surface area contributed by atoms with E-state index >= 15 is 0 Å². The van der Waals surface area contributed by atoms with Crippen molar-refractivity contribution < 1.29 is 23.1 Å². The maximum Gasteiger partial charge on any atom is 0.335 e. The topological polar surface area (TPSA) is 86.6 Å². The molecule has 0 spiro atoms. The first-order chi connectivity index (χ1) is 13.9.